The number of nitrogens with zero attached hydrogens (tertiary/aromatic N) is 2. The van der Waals surface area contributed by atoms with Crippen LogP contribution in [0.4, 0.5) is 5.69 Å². The minimum atomic E-state index is -0.0845. The first kappa shape index (κ1) is 15.3. The van der Waals surface area contributed by atoms with Crippen molar-refractivity contribution in [3.05, 3.63) is 65.2 Å². The summed E-state index contributed by atoms with van der Waals surface area (Å²) >= 11 is 1.59. The Morgan fingerprint density at radius 3 is 2.62 bits per heavy atom. The molecule has 0 bridgehead atoms. The Bertz CT molecular complexity index is 785. The van der Waals surface area contributed by atoms with Gasteiger partial charge in [0.15, 0.2) is 5.17 Å². The monoisotopic (exact) mass is 337 g/mol. The molecule has 0 fully saturated rings. The Morgan fingerprint density at radius 1 is 1.08 bits per heavy atom. The van der Waals surface area contributed by atoms with E-state index in [2.05, 4.69) is 39.5 Å². The van der Waals surface area contributed by atoms with Gasteiger partial charge in [0, 0.05) is 30.1 Å². The Kier molecular flexibility index (Phi) is 4.26. The summed E-state index contributed by atoms with van der Waals surface area (Å²) in [6, 6.07) is 16.5. The maximum atomic E-state index is 12.2. The maximum Gasteiger partial charge on any atom is 0.257 e. The Labute approximate surface area is 146 Å². The van der Waals surface area contributed by atoms with Gasteiger partial charge in [-0.25, -0.2) is 0 Å². The molecule has 1 N–H and O–H groups in total. The number of amides is 1. The third kappa shape index (κ3) is 3.17. The molecule has 0 aliphatic carbocycles. The van der Waals surface area contributed by atoms with E-state index in [-0.39, 0.29) is 5.91 Å². The summed E-state index contributed by atoms with van der Waals surface area (Å²) in [5.41, 5.74) is 4.67. The molecule has 0 spiro atoms. The standard InChI is InChI=1S/C19H19N3OS/c23-18(21-19-20-10-12-24-19)15-5-7-17(8-6-15)22-11-9-14-3-1-2-4-16(14)13-22/h1-8H,9-13H2,(H,20,21,23). The smallest absolute Gasteiger partial charge is 0.257 e. The Balaban J connectivity index is 1.45. The van der Waals surface area contributed by atoms with Gasteiger partial charge in [0.05, 0.1) is 6.54 Å². The number of carbonyl (C=O) groups is 1. The van der Waals surface area contributed by atoms with Gasteiger partial charge in [-0.2, -0.15) is 0 Å². The summed E-state index contributed by atoms with van der Waals surface area (Å²) in [5.74, 6) is 0.865. The van der Waals surface area contributed by atoms with Crippen LogP contribution in [-0.2, 0) is 13.0 Å². The maximum absolute atomic E-state index is 12.2. The highest BCUT2D eigenvalue weighted by atomic mass is 32.2. The van der Waals surface area contributed by atoms with E-state index in [1.807, 2.05) is 24.3 Å². The molecule has 0 saturated carbocycles. The van der Waals surface area contributed by atoms with E-state index < -0.39 is 0 Å². The van der Waals surface area contributed by atoms with Gasteiger partial charge in [-0.15, -0.1) is 0 Å². The second kappa shape index (κ2) is 6.69. The number of benzene rings is 2. The van der Waals surface area contributed by atoms with Crippen LogP contribution in [0.3, 0.4) is 0 Å². The van der Waals surface area contributed by atoms with Crippen LogP contribution in [-0.4, -0.2) is 29.9 Å². The van der Waals surface area contributed by atoms with Crippen LogP contribution >= 0.6 is 11.8 Å². The Hall–Kier alpha value is -2.27. The molecule has 0 aromatic heterocycles. The van der Waals surface area contributed by atoms with E-state index in [9.17, 15) is 4.79 Å². The van der Waals surface area contributed by atoms with Crippen molar-refractivity contribution in [2.24, 2.45) is 4.99 Å². The number of thioether (sulfide) groups is 1. The van der Waals surface area contributed by atoms with Gasteiger partial charge in [0.1, 0.15) is 0 Å². The summed E-state index contributed by atoms with van der Waals surface area (Å²) in [6.45, 7) is 2.72. The molecule has 5 heteroatoms. The number of aliphatic imine (C=N–C) groups is 1. The third-order valence-electron chi connectivity index (χ3n) is 4.43. The predicted molar refractivity (Wildman–Crippen MR) is 99.9 cm³/mol. The lowest BCUT2D eigenvalue weighted by Crippen LogP contribution is -2.30. The summed E-state index contributed by atoms with van der Waals surface area (Å²) < 4.78 is 0. The van der Waals surface area contributed by atoms with Crippen LogP contribution in [0.5, 0.6) is 0 Å². The number of rotatable bonds is 2. The zero-order chi connectivity index (χ0) is 16.4. The van der Waals surface area contributed by atoms with Crippen LogP contribution in [0.1, 0.15) is 21.5 Å². The molecule has 4 rings (SSSR count). The molecule has 2 aliphatic heterocycles. The molecular formula is C19H19N3OS. The lowest BCUT2D eigenvalue weighted by Gasteiger charge is -2.30. The number of hydrogen-bond donors (Lipinski definition) is 1. The van der Waals surface area contributed by atoms with Crippen molar-refractivity contribution >= 4 is 28.5 Å². The third-order valence-corrected chi connectivity index (χ3v) is 5.32. The fourth-order valence-corrected chi connectivity index (χ4v) is 3.84. The van der Waals surface area contributed by atoms with E-state index >= 15 is 0 Å². The van der Waals surface area contributed by atoms with Crippen molar-refractivity contribution in [3.63, 3.8) is 0 Å². The molecule has 122 valence electrons. The van der Waals surface area contributed by atoms with Crippen LogP contribution in [0.25, 0.3) is 0 Å². The first-order chi connectivity index (χ1) is 11.8. The van der Waals surface area contributed by atoms with Gasteiger partial charge in [-0.1, -0.05) is 36.0 Å². The van der Waals surface area contributed by atoms with Crippen molar-refractivity contribution in [3.8, 4) is 0 Å². The summed E-state index contributed by atoms with van der Waals surface area (Å²) in [5, 5.41) is 3.60. The van der Waals surface area contributed by atoms with Gasteiger partial charge >= 0.3 is 0 Å². The number of hydrogen-bond acceptors (Lipinski definition) is 4. The van der Waals surface area contributed by atoms with Crippen LogP contribution < -0.4 is 10.2 Å². The SMILES string of the molecule is O=C(NC1=NCCS1)c1ccc(N2CCc3ccccc3C2)cc1. The minimum Gasteiger partial charge on any atom is -0.367 e. The topological polar surface area (TPSA) is 44.7 Å². The van der Waals surface area contributed by atoms with Crippen molar-refractivity contribution < 1.29 is 4.79 Å². The average Bonchev–Trinajstić information content (AvgIpc) is 3.14. The molecule has 2 heterocycles. The minimum absolute atomic E-state index is 0.0845. The van der Waals surface area contributed by atoms with E-state index in [4.69, 9.17) is 0 Å². The second-order valence-electron chi connectivity index (χ2n) is 5.98. The highest BCUT2D eigenvalue weighted by molar-refractivity contribution is 8.14. The molecule has 0 saturated heterocycles. The van der Waals surface area contributed by atoms with Crippen molar-refractivity contribution in [2.45, 2.75) is 13.0 Å². The number of carbonyl (C=O) groups excluding carboxylic acids is 1. The molecule has 24 heavy (non-hydrogen) atoms. The number of nitrogens with one attached hydrogen (secondary N) is 1. The molecule has 0 atom stereocenters. The highest BCUT2D eigenvalue weighted by Gasteiger charge is 2.17. The van der Waals surface area contributed by atoms with Crippen molar-refractivity contribution in [1.29, 1.82) is 0 Å². The molecule has 2 aromatic carbocycles. The molecule has 0 unspecified atom stereocenters. The second-order valence-corrected chi connectivity index (χ2v) is 7.06. The normalized spacial score (nSPS) is 16.5. The summed E-state index contributed by atoms with van der Waals surface area (Å²) in [7, 11) is 0. The van der Waals surface area contributed by atoms with Gasteiger partial charge in [0.2, 0.25) is 0 Å². The molecule has 2 aromatic rings. The van der Waals surface area contributed by atoms with Gasteiger partial charge < -0.3 is 10.2 Å². The summed E-state index contributed by atoms with van der Waals surface area (Å²) in [6.07, 6.45) is 1.06. The van der Waals surface area contributed by atoms with E-state index in [0.29, 0.717) is 5.56 Å². The summed E-state index contributed by atoms with van der Waals surface area (Å²) in [4.78, 5) is 18.8. The predicted octanol–water partition coefficient (Wildman–Crippen LogP) is 3.08. The lowest BCUT2D eigenvalue weighted by molar-refractivity contribution is 0.0978. The fraction of sp³-hybridized carbons (Fsp3) is 0.263. The zero-order valence-corrected chi connectivity index (χ0v) is 14.2. The van der Waals surface area contributed by atoms with Crippen molar-refractivity contribution in [1.82, 2.24) is 5.32 Å². The molecule has 0 radical (unpaired) electrons. The van der Waals surface area contributed by atoms with Crippen LogP contribution in [0.2, 0.25) is 0 Å². The van der Waals surface area contributed by atoms with E-state index in [0.717, 1.165) is 42.7 Å². The largest absolute Gasteiger partial charge is 0.367 e. The Morgan fingerprint density at radius 2 is 1.88 bits per heavy atom. The highest BCUT2D eigenvalue weighted by Crippen LogP contribution is 2.24. The van der Waals surface area contributed by atoms with Gasteiger partial charge in [0.25, 0.3) is 5.91 Å². The van der Waals surface area contributed by atoms with Gasteiger partial charge in [-0.05, 0) is 41.8 Å². The van der Waals surface area contributed by atoms with E-state index in [1.165, 1.54) is 11.1 Å². The average molecular weight is 337 g/mol. The molecule has 4 nitrogen and oxygen atoms in total. The zero-order valence-electron chi connectivity index (χ0n) is 13.4. The quantitative estimate of drug-likeness (QED) is 0.916. The fourth-order valence-electron chi connectivity index (χ4n) is 3.12. The molecule has 1 amide bonds. The lowest BCUT2D eigenvalue weighted by atomic mass is 9.99. The number of fused-ring (bicyclic) bond motifs is 1. The van der Waals surface area contributed by atoms with Gasteiger partial charge in [-0.3, -0.25) is 9.79 Å². The van der Waals surface area contributed by atoms with Crippen LogP contribution in [0, 0.1) is 0 Å². The first-order valence-corrected chi connectivity index (χ1v) is 9.18. The first-order valence-electron chi connectivity index (χ1n) is 8.20. The molecular weight excluding hydrogens is 318 g/mol. The van der Waals surface area contributed by atoms with Crippen LogP contribution in [0.15, 0.2) is 53.5 Å². The molecule has 2 aliphatic rings. The van der Waals surface area contributed by atoms with Crippen molar-refractivity contribution in [2.75, 3.05) is 23.7 Å². The van der Waals surface area contributed by atoms with E-state index in [1.54, 1.807) is 11.8 Å². The number of anilines is 1. The number of amidine groups is 1.